The summed E-state index contributed by atoms with van der Waals surface area (Å²) in [4.78, 5) is 28.2. The molecule has 1 aliphatic heterocycles. The second kappa shape index (κ2) is 9.06. The third-order valence-corrected chi connectivity index (χ3v) is 5.94. The number of benzene rings is 2. The summed E-state index contributed by atoms with van der Waals surface area (Å²) in [6.07, 6.45) is 0. The van der Waals surface area contributed by atoms with Crippen LogP contribution in [0, 0.1) is 5.92 Å². The SMILES string of the molecule is COC(=O)[C@H]1CN(CSc2ccccc2)[C@H](C(=O)OC)[C@@H]1c1ccccc1. The molecule has 1 fully saturated rings. The van der Waals surface area contributed by atoms with Crippen LogP contribution in [0.1, 0.15) is 11.5 Å². The van der Waals surface area contributed by atoms with Gasteiger partial charge in [-0.25, -0.2) is 0 Å². The molecule has 0 aromatic heterocycles. The number of ether oxygens (including phenoxy) is 2. The first-order chi connectivity index (χ1) is 13.2. The van der Waals surface area contributed by atoms with Crippen LogP contribution in [0.25, 0.3) is 0 Å². The van der Waals surface area contributed by atoms with Crippen LogP contribution in [-0.4, -0.2) is 49.5 Å². The van der Waals surface area contributed by atoms with E-state index in [4.69, 9.17) is 9.47 Å². The lowest BCUT2D eigenvalue weighted by Gasteiger charge is -2.26. The van der Waals surface area contributed by atoms with Crippen molar-refractivity contribution in [2.24, 2.45) is 5.92 Å². The van der Waals surface area contributed by atoms with E-state index in [2.05, 4.69) is 0 Å². The maximum Gasteiger partial charge on any atom is 0.323 e. The van der Waals surface area contributed by atoms with Crippen LogP contribution in [-0.2, 0) is 19.1 Å². The predicted octanol–water partition coefficient (Wildman–Crippen LogP) is 3.17. The highest BCUT2D eigenvalue weighted by Crippen LogP contribution is 2.40. The molecule has 0 aliphatic carbocycles. The number of carbonyl (C=O) groups is 2. The number of rotatable bonds is 6. The fourth-order valence-corrected chi connectivity index (χ4v) is 4.54. The average molecular weight is 385 g/mol. The van der Waals surface area contributed by atoms with Gasteiger partial charge in [0, 0.05) is 17.4 Å². The zero-order chi connectivity index (χ0) is 19.2. The molecular weight excluding hydrogens is 362 g/mol. The normalized spacial score (nSPS) is 22.4. The van der Waals surface area contributed by atoms with Crippen molar-refractivity contribution in [2.45, 2.75) is 16.9 Å². The van der Waals surface area contributed by atoms with E-state index in [1.54, 1.807) is 11.8 Å². The van der Waals surface area contributed by atoms with Crippen molar-refractivity contribution in [1.29, 1.82) is 0 Å². The van der Waals surface area contributed by atoms with E-state index in [-0.39, 0.29) is 17.9 Å². The minimum Gasteiger partial charge on any atom is -0.469 e. The molecule has 3 atom stereocenters. The molecule has 1 saturated heterocycles. The van der Waals surface area contributed by atoms with Crippen LogP contribution < -0.4 is 0 Å². The van der Waals surface area contributed by atoms with E-state index >= 15 is 0 Å². The first-order valence-corrected chi connectivity index (χ1v) is 9.76. The van der Waals surface area contributed by atoms with Crippen LogP contribution >= 0.6 is 11.8 Å². The number of hydrogen-bond donors (Lipinski definition) is 0. The molecule has 3 rings (SSSR count). The highest BCUT2D eigenvalue weighted by atomic mass is 32.2. The van der Waals surface area contributed by atoms with Crippen molar-refractivity contribution in [1.82, 2.24) is 4.90 Å². The molecule has 0 bridgehead atoms. The number of hydrogen-bond acceptors (Lipinski definition) is 6. The molecular formula is C21H23NO4S. The summed E-state index contributed by atoms with van der Waals surface area (Å²) in [6, 6.07) is 19.1. The highest BCUT2D eigenvalue weighted by molar-refractivity contribution is 7.99. The van der Waals surface area contributed by atoms with Crippen molar-refractivity contribution < 1.29 is 19.1 Å². The Labute approximate surface area is 163 Å². The third-order valence-electron chi connectivity index (χ3n) is 4.87. The van der Waals surface area contributed by atoms with Crippen LogP contribution in [0.5, 0.6) is 0 Å². The van der Waals surface area contributed by atoms with E-state index in [9.17, 15) is 9.59 Å². The fraction of sp³-hybridized carbons (Fsp3) is 0.333. The van der Waals surface area contributed by atoms with Crippen LogP contribution in [0.4, 0.5) is 0 Å². The van der Waals surface area contributed by atoms with Gasteiger partial charge in [0.15, 0.2) is 0 Å². The van der Waals surface area contributed by atoms with Gasteiger partial charge >= 0.3 is 11.9 Å². The molecule has 0 spiro atoms. The van der Waals surface area contributed by atoms with Gasteiger partial charge in [-0.3, -0.25) is 14.5 Å². The maximum absolute atomic E-state index is 12.7. The molecule has 0 saturated carbocycles. The Balaban J connectivity index is 1.90. The molecule has 0 unspecified atom stereocenters. The van der Waals surface area contributed by atoms with Gasteiger partial charge in [-0.1, -0.05) is 48.5 Å². The molecule has 5 nitrogen and oxygen atoms in total. The molecule has 0 amide bonds. The van der Waals surface area contributed by atoms with E-state index < -0.39 is 12.0 Å². The van der Waals surface area contributed by atoms with Gasteiger partial charge in [-0.2, -0.15) is 0 Å². The van der Waals surface area contributed by atoms with Gasteiger partial charge in [0.1, 0.15) is 6.04 Å². The Morgan fingerprint density at radius 2 is 1.56 bits per heavy atom. The first kappa shape index (κ1) is 19.5. The van der Waals surface area contributed by atoms with Crippen molar-refractivity contribution in [3.05, 3.63) is 66.2 Å². The molecule has 0 radical (unpaired) electrons. The highest BCUT2D eigenvalue weighted by Gasteiger charge is 2.50. The van der Waals surface area contributed by atoms with E-state index in [0.29, 0.717) is 12.4 Å². The Bertz CT molecular complexity index is 768. The zero-order valence-electron chi connectivity index (χ0n) is 15.4. The van der Waals surface area contributed by atoms with Crippen molar-refractivity contribution in [3.63, 3.8) is 0 Å². The second-order valence-electron chi connectivity index (χ2n) is 6.39. The number of carbonyl (C=O) groups excluding carboxylic acids is 2. The quantitative estimate of drug-likeness (QED) is 0.562. The number of thioether (sulfide) groups is 1. The number of likely N-dealkylation sites (tertiary alicyclic amines) is 1. The topological polar surface area (TPSA) is 55.8 Å². The third kappa shape index (κ3) is 4.34. The number of nitrogens with zero attached hydrogens (tertiary/aromatic N) is 1. The summed E-state index contributed by atoms with van der Waals surface area (Å²) in [6.45, 7) is 0.450. The van der Waals surface area contributed by atoms with E-state index in [1.807, 2.05) is 65.6 Å². The molecule has 0 N–H and O–H groups in total. The molecule has 27 heavy (non-hydrogen) atoms. The van der Waals surface area contributed by atoms with E-state index in [1.165, 1.54) is 14.2 Å². The Hall–Kier alpha value is -2.31. The summed E-state index contributed by atoms with van der Waals surface area (Å²) in [7, 11) is 2.78. The van der Waals surface area contributed by atoms with Gasteiger partial charge in [-0.15, -0.1) is 11.8 Å². The largest absolute Gasteiger partial charge is 0.469 e. The fourth-order valence-electron chi connectivity index (χ4n) is 3.61. The second-order valence-corrected chi connectivity index (χ2v) is 7.41. The summed E-state index contributed by atoms with van der Waals surface area (Å²) < 4.78 is 10.1. The monoisotopic (exact) mass is 385 g/mol. The van der Waals surface area contributed by atoms with Crippen molar-refractivity contribution >= 4 is 23.7 Å². The Morgan fingerprint density at radius 1 is 0.963 bits per heavy atom. The lowest BCUT2D eigenvalue weighted by molar-refractivity contribution is -0.146. The minimum atomic E-state index is -0.530. The Morgan fingerprint density at radius 3 is 2.15 bits per heavy atom. The van der Waals surface area contributed by atoms with Gasteiger partial charge in [0.2, 0.25) is 0 Å². The minimum absolute atomic E-state index is 0.301. The molecule has 6 heteroatoms. The summed E-state index contributed by atoms with van der Waals surface area (Å²) in [5.74, 6) is -0.769. The first-order valence-electron chi connectivity index (χ1n) is 8.78. The smallest absolute Gasteiger partial charge is 0.323 e. The van der Waals surface area contributed by atoms with E-state index in [0.717, 1.165) is 10.5 Å². The number of methoxy groups -OCH3 is 2. The lowest BCUT2D eigenvalue weighted by Crippen LogP contribution is -2.39. The lowest BCUT2D eigenvalue weighted by atomic mass is 9.84. The molecule has 1 aliphatic rings. The van der Waals surface area contributed by atoms with Gasteiger partial charge in [-0.05, 0) is 17.7 Å². The van der Waals surface area contributed by atoms with Crippen LogP contribution in [0.2, 0.25) is 0 Å². The van der Waals surface area contributed by atoms with Crippen LogP contribution in [0.15, 0.2) is 65.6 Å². The van der Waals surface area contributed by atoms with Crippen molar-refractivity contribution in [3.8, 4) is 0 Å². The van der Waals surface area contributed by atoms with Gasteiger partial charge in [0.25, 0.3) is 0 Å². The molecule has 142 valence electrons. The summed E-state index contributed by atoms with van der Waals surface area (Å²) in [5.41, 5.74) is 0.940. The molecule has 2 aromatic rings. The van der Waals surface area contributed by atoms with Crippen LogP contribution in [0.3, 0.4) is 0 Å². The van der Waals surface area contributed by atoms with Crippen molar-refractivity contribution in [2.75, 3.05) is 26.6 Å². The zero-order valence-corrected chi connectivity index (χ0v) is 16.2. The van der Waals surface area contributed by atoms with Gasteiger partial charge in [0.05, 0.1) is 26.0 Å². The molecule has 1 heterocycles. The summed E-state index contributed by atoms with van der Waals surface area (Å²) in [5, 5.41) is 0. The maximum atomic E-state index is 12.7. The molecule has 2 aromatic carbocycles. The predicted molar refractivity (Wildman–Crippen MR) is 104 cm³/mol. The van der Waals surface area contributed by atoms with Gasteiger partial charge < -0.3 is 9.47 Å². The number of esters is 2. The average Bonchev–Trinajstić information content (AvgIpc) is 3.12. The Kier molecular flexibility index (Phi) is 6.53. The summed E-state index contributed by atoms with van der Waals surface area (Å²) >= 11 is 1.63. The standard InChI is InChI=1S/C21H23NO4S/c1-25-20(23)17-13-22(14-27-16-11-7-4-8-12-16)19(21(24)26-2)18(17)15-9-5-3-6-10-15/h3-12,17-19H,13-14H2,1-2H3/t17-,18+,19-/m0/s1.